The minimum atomic E-state index is -0.984. The minimum absolute atomic E-state index is 0.395. The fourth-order valence-corrected chi connectivity index (χ4v) is 3.22. The van der Waals surface area contributed by atoms with E-state index < -0.39 is 17.7 Å². The molecule has 0 radical (unpaired) electrons. The van der Waals surface area contributed by atoms with Gasteiger partial charge in [0, 0.05) is 17.5 Å². The predicted molar refractivity (Wildman–Crippen MR) is 95.1 cm³/mol. The van der Waals surface area contributed by atoms with Crippen LogP contribution in [0.15, 0.2) is 45.1 Å². The van der Waals surface area contributed by atoms with Crippen molar-refractivity contribution in [3.8, 4) is 5.75 Å². The summed E-state index contributed by atoms with van der Waals surface area (Å²) in [5.41, 5.74) is 2.11. The molecule has 3 rings (SSSR count). The molecule has 1 atom stereocenters. The van der Waals surface area contributed by atoms with Gasteiger partial charge in [-0.3, -0.25) is 0 Å². The normalized spacial score (nSPS) is 15.6. The van der Waals surface area contributed by atoms with Crippen molar-refractivity contribution in [2.24, 2.45) is 0 Å². The van der Waals surface area contributed by atoms with Crippen LogP contribution in [-0.4, -0.2) is 17.2 Å². The molecule has 1 aromatic carbocycles. The summed E-state index contributed by atoms with van der Waals surface area (Å²) in [5.74, 6) is -0.589. The molecule has 0 spiro atoms. The number of hydrogen-bond acceptors (Lipinski definition) is 4. The number of carbonyl (C=O) groups is 1. The van der Waals surface area contributed by atoms with E-state index in [0.29, 0.717) is 17.8 Å². The summed E-state index contributed by atoms with van der Waals surface area (Å²) >= 11 is 0. The number of aryl methyl sites for hydroxylation is 1. The minimum Gasteiger partial charge on any atom is -0.479 e. The molecule has 0 bridgehead atoms. The number of fused-ring (bicyclic) bond motifs is 1. The Kier molecular flexibility index (Phi) is 5.22. The largest absolute Gasteiger partial charge is 0.479 e. The molecule has 2 aromatic rings. The van der Waals surface area contributed by atoms with E-state index in [1.54, 1.807) is 18.2 Å². The van der Waals surface area contributed by atoms with E-state index in [1.165, 1.54) is 24.5 Å². The second-order valence-electron chi connectivity index (χ2n) is 6.50. The van der Waals surface area contributed by atoms with E-state index in [0.717, 1.165) is 30.2 Å². The Morgan fingerprint density at radius 3 is 2.88 bits per heavy atom. The van der Waals surface area contributed by atoms with Gasteiger partial charge in [0.05, 0.1) is 0 Å². The van der Waals surface area contributed by atoms with E-state index in [9.17, 15) is 14.7 Å². The fraction of sp³-hybridized carbons (Fsp3) is 0.400. The summed E-state index contributed by atoms with van der Waals surface area (Å²) in [6.45, 7) is 1.83. The molecular formula is C20H22O5. The van der Waals surface area contributed by atoms with Crippen molar-refractivity contribution >= 4 is 16.9 Å². The molecule has 0 aliphatic heterocycles. The third-order valence-corrected chi connectivity index (χ3v) is 4.59. The highest BCUT2D eigenvalue weighted by atomic mass is 16.5. The molecule has 0 saturated heterocycles. The quantitative estimate of drug-likeness (QED) is 0.628. The van der Waals surface area contributed by atoms with Crippen LogP contribution in [-0.2, 0) is 4.79 Å². The van der Waals surface area contributed by atoms with Crippen molar-refractivity contribution in [3.05, 3.63) is 51.9 Å². The number of aliphatic carboxylic acids is 1. The summed E-state index contributed by atoms with van der Waals surface area (Å²) < 4.78 is 10.9. The molecule has 0 amide bonds. The van der Waals surface area contributed by atoms with Crippen molar-refractivity contribution in [1.29, 1.82) is 0 Å². The third-order valence-electron chi connectivity index (χ3n) is 4.59. The van der Waals surface area contributed by atoms with Gasteiger partial charge in [0.2, 0.25) is 0 Å². The van der Waals surface area contributed by atoms with Gasteiger partial charge in [-0.25, -0.2) is 9.59 Å². The maximum Gasteiger partial charge on any atom is 0.344 e. The Hall–Kier alpha value is -2.56. The Morgan fingerprint density at radius 2 is 2.16 bits per heavy atom. The summed E-state index contributed by atoms with van der Waals surface area (Å²) in [6.07, 6.45) is 6.98. The van der Waals surface area contributed by atoms with Crippen LogP contribution in [0.1, 0.15) is 44.1 Å². The number of ether oxygens (including phenoxy) is 1. The van der Waals surface area contributed by atoms with Gasteiger partial charge in [0.25, 0.3) is 0 Å². The summed E-state index contributed by atoms with van der Waals surface area (Å²) in [7, 11) is 0. The number of benzene rings is 1. The lowest BCUT2D eigenvalue weighted by Gasteiger charge is -2.18. The number of rotatable bonds is 6. The lowest BCUT2D eigenvalue weighted by molar-refractivity contribution is -0.145. The first-order chi connectivity index (χ1) is 12.0. The SMILES string of the molecule is Cc1cc(=O)oc2cc(OC(CCC3=CCCCC3)C(=O)O)ccc12. The van der Waals surface area contributed by atoms with E-state index in [-0.39, 0.29) is 0 Å². The van der Waals surface area contributed by atoms with Crippen LogP contribution in [0.25, 0.3) is 11.0 Å². The van der Waals surface area contributed by atoms with Gasteiger partial charge in [-0.1, -0.05) is 11.6 Å². The predicted octanol–water partition coefficient (Wildman–Crippen LogP) is 4.21. The van der Waals surface area contributed by atoms with Gasteiger partial charge in [-0.05, 0) is 63.1 Å². The molecule has 0 fully saturated rings. The van der Waals surface area contributed by atoms with Crippen molar-refractivity contribution in [3.63, 3.8) is 0 Å². The molecule has 1 heterocycles. The molecule has 1 N–H and O–H groups in total. The maximum absolute atomic E-state index is 11.5. The lowest BCUT2D eigenvalue weighted by atomic mass is 9.95. The monoisotopic (exact) mass is 342 g/mol. The topological polar surface area (TPSA) is 76.7 Å². The second kappa shape index (κ2) is 7.55. The number of hydrogen-bond donors (Lipinski definition) is 1. The molecule has 1 unspecified atom stereocenters. The first-order valence-electron chi connectivity index (χ1n) is 8.65. The van der Waals surface area contributed by atoms with Gasteiger partial charge in [-0.2, -0.15) is 0 Å². The molecule has 1 aliphatic rings. The van der Waals surface area contributed by atoms with Crippen LogP contribution < -0.4 is 10.4 Å². The first-order valence-corrected chi connectivity index (χ1v) is 8.65. The standard InChI is InChI=1S/C20H22O5/c1-13-11-19(21)25-18-12-15(8-9-16(13)18)24-17(20(22)23)10-7-14-5-3-2-4-6-14/h5,8-9,11-12,17H,2-4,6-7,10H2,1H3,(H,22,23). The Bertz CT molecular complexity index is 862. The van der Waals surface area contributed by atoms with Gasteiger partial charge in [0.1, 0.15) is 11.3 Å². The van der Waals surface area contributed by atoms with E-state index in [4.69, 9.17) is 9.15 Å². The van der Waals surface area contributed by atoms with Crippen LogP contribution >= 0.6 is 0 Å². The molecule has 0 saturated carbocycles. The smallest absolute Gasteiger partial charge is 0.344 e. The Morgan fingerprint density at radius 1 is 1.32 bits per heavy atom. The summed E-state index contributed by atoms with van der Waals surface area (Å²) in [4.78, 5) is 23.0. The first kappa shape index (κ1) is 17.3. The van der Waals surface area contributed by atoms with Gasteiger partial charge in [0.15, 0.2) is 6.10 Å². The van der Waals surface area contributed by atoms with Crippen LogP contribution in [0.3, 0.4) is 0 Å². The molecule has 1 aromatic heterocycles. The van der Waals surface area contributed by atoms with Crippen LogP contribution in [0.2, 0.25) is 0 Å². The number of carboxylic acids is 1. The lowest BCUT2D eigenvalue weighted by Crippen LogP contribution is -2.27. The van der Waals surface area contributed by atoms with Crippen LogP contribution in [0.4, 0.5) is 0 Å². The van der Waals surface area contributed by atoms with E-state index >= 15 is 0 Å². The van der Waals surface area contributed by atoms with E-state index in [2.05, 4.69) is 6.08 Å². The van der Waals surface area contributed by atoms with Crippen molar-refractivity contribution in [2.45, 2.75) is 51.6 Å². The Balaban J connectivity index is 1.75. The van der Waals surface area contributed by atoms with Gasteiger partial charge < -0.3 is 14.3 Å². The fourth-order valence-electron chi connectivity index (χ4n) is 3.22. The van der Waals surface area contributed by atoms with Crippen molar-refractivity contribution in [2.75, 3.05) is 0 Å². The average molecular weight is 342 g/mol. The Labute approximate surface area is 145 Å². The zero-order chi connectivity index (χ0) is 17.8. The summed E-state index contributed by atoms with van der Waals surface area (Å²) in [5, 5.41) is 10.3. The third kappa shape index (κ3) is 4.29. The number of carboxylic acid groups (broad SMARTS) is 1. The van der Waals surface area contributed by atoms with E-state index in [1.807, 2.05) is 6.92 Å². The zero-order valence-electron chi connectivity index (χ0n) is 14.3. The highest BCUT2D eigenvalue weighted by molar-refractivity contribution is 5.81. The van der Waals surface area contributed by atoms with Crippen molar-refractivity contribution in [1.82, 2.24) is 0 Å². The second-order valence-corrected chi connectivity index (χ2v) is 6.50. The van der Waals surface area contributed by atoms with Gasteiger partial charge >= 0.3 is 11.6 Å². The molecule has 5 heteroatoms. The zero-order valence-corrected chi connectivity index (χ0v) is 14.3. The molecule has 5 nitrogen and oxygen atoms in total. The highest BCUT2D eigenvalue weighted by Gasteiger charge is 2.20. The highest BCUT2D eigenvalue weighted by Crippen LogP contribution is 2.26. The summed E-state index contributed by atoms with van der Waals surface area (Å²) in [6, 6.07) is 6.51. The number of allylic oxidation sites excluding steroid dienone is 2. The molecule has 1 aliphatic carbocycles. The van der Waals surface area contributed by atoms with Crippen LogP contribution in [0, 0.1) is 6.92 Å². The average Bonchev–Trinajstić information content (AvgIpc) is 2.58. The molecular weight excluding hydrogens is 320 g/mol. The molecule has 25 heavy (non-hydrogen) atoms. The van der Waals surface area contributed by atoms with Crippen molar-refractivity contribution < 1.29 is 19.1 Å². The molecule has 132 valence electrons. The maximum atomic E-state index is 11.5. The van der Waals surface area contributed by atoms with Crippen LogP contribution in [0.5, 0.6) is 5.75 Å². The van der Waals surface area contributed by atoms with Gasteiger partial charge in [-0.15, -0.1) is 0 Å².